The Kier molecular flexibility index (Phi) is 7.29. The van der Waals surface area contributed by atoms with Crippen LogP contribution in [0.25, 0.3) is 0 Å². The molecule has 0 spiro atoms. The third kappa shape index (κ3) is 5.39. The molecule has 1 atom stereocenters. The second kappa shape index (κ2) is 10.5. The summed E-state index contributed by atoms with van der Waals surface area (Å²) in [5.41, 5.74) is 1.13. The Morgan fingerprint density at radius 1 is 0.973 bits per heavy atom. The summed E-state index contributed by atoms with van der Waals surface area (Å²) >= 11 is 0. The van der Waals surface area contributed by atoms with Crippen LogP contribution in [-0.2, 0) is 11.0 Å². The number of carbonyl (C=O) groups excluding carboxylic acids is 2. The third-order valence-electron chi connectivity index (χ3n) is 7.92. The molecular formula is C27H33F3N4O3. The van der Waals surface area contributed by atoms with Gasteiger partial charge in [-0.05, 0) is 50.2 Å². The number of likely N-dealkylation sites (tertiary alicyclic amines) is 2. The molecule has 0 unspecified atom stereocenters. The van der Waals surface area contributed by atoms with Gasteiger partial charge < -0.3 is 14.9 Å². The maximum Gasteiger partial charge on any atom is 0.416 e. The SMILES string of the molecule is O=C(CCCO)N1CCC(n2ncc(C(=O)N3CC[C@@H](c4ccccc4C(F)(F)F)C3)c2C2CC2)CC1. The van der Waals surface area contributed by atoms with E-state index in [0.29, 0.717) is 44.5 Å². The number of alkyl halides is 3. The fourth-order valence-electron chi connectivity index (χ4n) is 5.82. The monoisotopic (exact) mass is 518 g/mol. The number of aliphatic hydroxyl groups is 1. The molecule has 0 bridgehead atoms. The average molecular weight is 519 g/mol. The first kappa shape index (κ1) is 25.8. The number of benzene rings is 1. The summed E-state index contributed by atoms with van der Waals surface area (Å²) in [6.07, 6.45) is 2.00. The first-order chi connectivity index (χ1) is 17.8. The number of hydrogen-bond acceptors (Lipinski definition) is 4. The highest BCUT2D eigenvalue weighted by atomic mass is 19.4. The number of piperidine rings is 1. The standard InChI is InChI=1S/C27H33F3N4O3/c28-27(29,30)23-5-2-1-4-21(23)19-9-12-33(17-19)26(37)22-16-31-34(25(22)18-7-8-18)20-10-13-32(14-11-20)24(36)6-3-15-35/h1-2,4-5,16,18-20,35H,3,6-15,17H2/t19-/m1/s1. The van der Waals surface area contributed by atoms with Crippen molar-refractivity contribution < 1.29 is 27.9 Å². The number of amides is 2. The number of halogens is 3. The van der Waals surface area contributed by atoms with Gasteiger partial charge in [-0.3, -0.25) is 14.3 Å². The van der Waals surface area contributed by atoms with E-state index in [1.807, 2.05) is 9.58 Å². The molecule has 5 rings (SSSR count). The van der Waals surface area contributed by atoms with E-state index < -0.39 is 11.7 Å². The van der Waals surface area contributed by atoms with Crippen molar-refractivity contribution >= 4 is 11.8 Å². The quantitative estimate of drug-likeness (QED) is 0.592. The molecule has 3 fully saturated rings. The molecule has 2 amide bonds. The van der Waals surface area contributed by atoms with Crippen molar-refractivity contribution in [2.24, 2.45) is 0 Å². The summed E-state index contributed by atoms with van der Waals surface area (Å²) < 4.78 is 42.6. The van der Waals surface area contributed by atoms with Gasteiger partial charge in [-0.2, -0.15) is 18.3 Å². The van der Waals surface area contributed by atoms with E-state index in [-0.39, 0.29) is 48.4 Å². The van der Waals surface area contributed by atoms with E-state index in [4.69, 9.17) is 5.11 Å². The van der Waals surface area contributed by atoms with Crippen molar-refractivity contribution in [3.8, 4) is 0 Å². The number of rotatable bonds is 7. The maximum absolute atomic E-state index is 13.6. The zero-order chi connectivity index (χ0) is 26.2. The highest BCUT2D eigenvalue weighted by Crippen LogP contribution is 2.44. The van der Waals surface area contributed by atoms with Crippen LogP contribution in [0.3, 0.4) is 0 Å². The zero-order valence-corrected chi connectivity index (χ0v) is 20.8. The Balaban J connectivity index is 1.29. The number of hydrogen-bond donors (Lipinski definition) is 1. The summed E-state index contributed by atoms with van der Waals surface area (Å²) in [5, 5.41) is 13.6. The van der Waals surface area contributed by atoms with Gasteiger partial charge in [0.25, 0.3) is 5.91 Å². The van der Waals surface area contributed by atoms with Crippen LogP contribution in [0, 0.1) is 0 Å². The van der Waals surface area contributed by atoms with Crippen LogP contribution in [-0.4, -0.2) is 69.3 Å². The lowest BCUT2D eigenvalue weighted by Crippen LogP contribution is -2.39. The van der Waals surface area contributed by atoms with Gasteiger partial charge in [0.1, 0.15) is 0 Å². The minimum atomic E-state index is -4.42. The summed E-state index contributed by atoms with van der Waals surface area (Å²) in [6.45, 7) is 1.92. The van der Waals surface area contributed by atoms with Crippen LogP contribution in [0.1, 0.15) is 90.0 Å². The van der Waals surface area contributed by atoms with Crippen molar-refractivity contribution in [2.45, 2.75) is 69.0 Å². The van der Waals surface area contributed by atoms with E-state index in [0.717, 1.165) is 37.4 Å². The second-order valence-corrected chi connectivity index (χ2v) is 10.4. The van der Waals surface area contributed by atoms with E-state index in [1.54, 1.807) is 17.2 Å². The lowest BCUT2D eigenvalue weighted by Gasteiger charge is -2.33. The minimum Gasteiger partial charge on any atom is -0.396 e. The number of aromatic nitrogens is 2. The van der Waals surface area contributed by atoms with Crippen molar-refractivity contribution in [1.29, 1.82) is 0 Å². The normalized spacial score (nSPS) is 21.0. The molecule has 10 heteroatoms. The molecule has 1 aromatic heterocycles. The summed E-state index contributed by atoms with van der Waals surface area (Å²) in [4.78, 5) is 29.4. The second-order valence-electron chi connectivity index (χ2n) is 10.4. The first-order valence-electron chi connectivity index (χ1n) is 13.2. The Hall–Kier alpha value is -2.88. The first-order valence-corrected chi connectivity index (χ1v) is 13.2. The smallest absolute Gasteiger partial charge is 0.396 e. The van der Waals surface area contributed by atoms with Crippen molar-refractivity contribution in [3.63, 3.8) is 0 Å². The van der Waals surface area contributed by atoms with Gasteiger partial charge in [0.05, 0.1) is 29.1 Å². The predicted molar refractivity (Wildman–Crippen MR) is 130 cm³/mol. The third-order valence-corrected chi connectivity index (χ3v) is 7.92. The average Bonchev–Trinajstić information content (AvgIpc) is 3.44. The van der Waals surface area contributed by atoms with Gasteiger partial charge in [-0.1, -0.05) is 18.2 Å². The van der Waals surface area contributed by atoms with Gasteiger partial charge in [-0.25, -0.2) is 0 Å². The lowest BCUT2D eigenvalue weighted by molar-refractivity contribution is -0.138. The van der Waals surface area contributed by atoms with Crippen LogP contribution >= 0.6 is 0 Å². The topological polar surface area (TPSA) is 78.7 Å². The molecule has 0 radical (unpaired) electrons. The van der Waals surface area contributed by atoms with Crippen LogP contribution in [0.4, 0.5) is 13.2 Å². The Morgan fingerprint density at radius 3 is 2.35 bits per heavy atom. The molecule has 200 valence electrons. The van der Waals surface area contributed by atoms with Crippen molar-refractivity contribution in [2.75, 3.05) is 32.8 Å². The van der Waals surface area contributed by atoms with E-state index in [1.165, 1.54) is 12.1 Å². The molecule has 37 heavy (non-hydrogen) atoms. The number of carbonyl (C=O) groups is 2. The summed E-state index contributed by atoms with van der Waals surface area (Å²) in [5.74, 6) is -0.178. The minimum absolute atomic E-state index is 0.00362. The maximum atomic E-state index is 13.6. The number of nitrogens with zero attached hydrogens (tertiary/aromatic N) is 4. The Labute approximate surface area is 214 Å². The number of aliphatic hydroxyl groups excluding tert-OH is 1. The Bertz CT molecular complexity index is 1140. The fourth-order valence-corrected chi connectivity index (χ4v) is 5.82. The van der Waals surface area contributed by atoms with E-state index in [2.05, 4.69) is 5.10 Å². The van der Waals surface area contributed by atoms with Gasteiger partial charge in [0, 0.05) is 51.0 Å². The van der Waals surface area contributed by atoms with Crippen LogP contribution in [0.2, 0.25) is 0 Å². The zero-order valence-electron chi connectivity index (χ0n) is 20.8. The molecule has 1 saturated carbocycles. The molecule has 3 heterocycles. The molecule has 1 aliphatic carbocycles. The fraction of sp³-hybridized carbons (Fsp3) is 0.593. The van der Waals surface area contributed by atoms with Crippen molar-refractivity contribution in [3.05, 3.63) is 52.8 Å². The van der Waals surface area contributed by atoms with Gasteiger partial charge >= 0.3 is 6.18 Å². The molecule has 2 saturated heterocycles. The van der Waals surface area contributed by atoms with Crippen molar-refractivity contribution in [1.82, 2.24) is 19.6 Å². The van der Waals surface area contributed by atoms with Gasteiger partial charge in [0.15, 0.2) is 0 Å². The van der Waals surface area contributed by atoms with Crippen LogP contribution in [0.5, 0.6) is 0 Å². The largest absolute Gasteiger partial charge is 0.416 e. The molecule has 2 aliphatic heterocycles. The molecule has 1 aromatic carbocycles. The Morgan fingerprint density at radius 2 is 1.68 bits per heavy atom. The van der Waals surface area contributed by atoms with E-state index >= 15 is 0 Å². The summed E-state index contributed by atoms with van der Waals surface area (Å²) in [6, 6.07) is 5.76. The highest BCUT2D eigenvalue weighted by Gasteiger charge is 2.40. The molecule has 7 nitrogen and oxygen atoms in total. The van der Waals surface area contributed by atoms with Gasteiger partial charge in [-0.15, -0.1) is 0 Å². The lowest BCUT2D eigenvalue weighted by atomic mass is 9.93. The van der Waals surface area contributed by atoms with E-state index in [9.17, 15) is 22.8 Å². The van der Waals surface area contributed by atoms with Crippen LogP contribution in [0.15, 0.2) is 30.5 Å². The summed E-state index contributed by atoms with van der Waals surface area (Å²) in [7, 11) is 0. The molecule has 2 aromatic rings. The predicted octanol–water partition coefficient (Wildman–Crippen LogP) is 4.35. The van der Waals surface area contributed by atoms with Crippen LogP contribution < -0.4 is 0 Å². The van der Waals surface area contributed by atoms with Gasteiger partial charge in [0.2, 0.25) is 5.91 Å². The molecular weight excluding hydrogens is 485 g/mol. The molecule has 1 N–H and O–H groups in total. The molecule has 3 aliphatic rings. The highest BCUT2D eigenvalue weighted by molar-refractivity contribution is 5.95.